The first-order chi connectivity index (χ1) is 9.11. The number of nitrogens with zero attached hydrogens (tertiary/aromatic N) is 1. The zero-order valence-electron chi connectivity index (χ0n) is 9.95. The Bertz CT molecular complexity index is 625. The number of hydrogen-bond acceptors (Lipinski definition) is 5. The van der Waals surface area contributed by atoms with Gasteiger partial charge in [-0.2, -0.15) is 0 Å². The molecule has 0 unspecified atom stereocenters. The molecule has 0 aliphatic rings. The smallest absolute Gasteiger partial charge is 0.320 e. The second-order valence-electron chi connectivity index (χ2n) is 3.55. The van der Waals surface area contributed by atoms with Crippen LogP contribution in [0.25, 0.3) is 0 Å². The maximum absolute atomic E-state index is 12.0. The fourth-order valence-corrected chi connectivity index (χ4v) is 2.75. The molecule has 0 aliphatic carbocycles. The fraction of sp³-hybridized carbons (Fsp3) is 0.0833. The second-order valence-corrected chi connectivity index (χ2v) is 5.46. The minimum Gasteiger partial charge on any atom is -0.320 e. The SMILES string of the molecule is CSc1ccccc1NC(=O)c1ccc([N+](=O)[O-])s1. The molecule has 2 aromatic rings. The van der Waals surface area contributed by atoms with Crippen LogP contribution in [0.5, 0.6) is 0 Å². The second kappa shape index (κ2) is 5.85. The third-order valence-electron chi connectivity index (χ3n) is 2.35. The van der Waals surface area contributed by atoms with Gasteiger partial charge in [-0.15, -0.1) is 11.8 Å². The average Bonchev–Trinajstić information content (AvgIpc) is 2.89. The summed E-state index contributed by atoms with van der Waals surface area (Å²) in [6.07, 6.45) is 1.92. The standard InChI is InChI=1S/C12H10N2O3S2/c1-18-9-5-3-2-4-8(9)13-12(15)10-6-7-11(19-10)14(16)17/h2-7H,1H3,(H,13,15). The molecule has 0 atom stereocenters. The summed E-state index contributed by atoms with van der Waals surface area (Å²) in [5, 5.41) is 13.3. The highest BCUT2D eigenvalue weighted by molar-refractivity contribution is 7.98. The van der Waals surface area contributed by atoms with E-state index in [4.69, 9.17) is 0 Å². The van der Waals surface area contributed by atoms with E-state index in [1.807, 2.05) is 24.5 Å². The maximum Gasteiger partial charge on any atom is 0.324 e. The average molecular weight is 294 g/mol. The normalized spacial score (nSPS) is 10.2. The lowest BCUT2D eigenvalue weighted by Crippen LogP contribution is -2.10. The summed E-state index contributed by atoms with van der Waals surface area (Å²) in [6, 6.07) is 10.2. The highest BCUT2D eigenvalue weighted by Crippen LogP contribution is 2.28. The number of hydrogen-bond donors (Lipinski definition) is 1. The third-order valence-corrected chi connectivity index (χ3v) is 4.18. The maximum atomic E-state index is 12.0. The van der Waals surface area contributed by atoms with Crippen molar-refractivity contribution in [2.75, 3.05) is 11.6 Å². The molecule has 1 N–H and O–H groups in total. The van der Waals surface area contributed by atoms with Crippen LogP contribution in [0.2, 0.25) is 0 Å². The van der Waals surface area contributed by atoms with Gasteiger partial charge in [0, 0.05) is 11.0 Å². The summed E-state index contributed by atoms with van der Waals surface area (Å²) in [7, 11) is 0. The van der Waals surface area contributed by atoms with Gasteiger partial charge in [-0.05, 0) is 24.5 Å². The molecule has 0 spiro atoms. The van der Waals surface area contributed by atoms with E-state index >= 15 is 0 Å². The van der Waals surface area contributed by atoms with Crippen LogP contribution in [0.4, 0.5) is 10.7 Å². The number of thioether (sulfide) groups is 1. The number of nitrogens with one attached hydrogen (secondary N) is 1. The Hall–Kier alpha value is -1.86. The Kier molecular flexibility index (Phi) is 4.18. The van der Waals surface area contributed by atoms with E-state index in [9.17, 15) is 14.9 Å². The highest BCUT2D eigenvalue weighted by atomic mass is 32.2. The Labute approximate surface area is 117 Å². The molecule has 1 aromatic carbocycles. The predicted molar refractivity (Wildman–Crippen MR) is 77.1 cm³/mol. The van der Waals surface area contributed by atoms with Gasteiger partial charge in [-0.25, -0.2) is 0 Å². The van der Waals surface area contributed by atoms with E-state index in [0.717, 1.165) is 16.2 Å². The summed E-state index contributed by atoms with van der Waals surface area (Å²) in [6.45, 7) is 0. The molecule has 19 heavy (non-hydrogen) atoms. The Balaban J connectivity index is 2.18. The van der Waals surface area contributed by atoms with Crippen molar-refractivity contribution in [1.29, 1.82) is 0 Å². The van der Waals surface area contributed by atoms with Crippen LogP contribution in [0, 0.1) is 10.1 Å². The van der Waals surface area contributed by atoms with Crippen molar-refractivity contribution >= 4 is 39.7 Å². The summed E-state index contributed by atoms with van der Waals surface area (Å²) in [5.41, 5.74) is 0.705. The van der Waals surface area contributed by atoms with Gasteiger partial charge in [-0.3, -0.25) is 14.9 Å². The van der Waals surface area contributed by atoms with Crippen molar-refractivity contribution in [3.63, 3.8) is 0 Å². The molecule has 0 fully saturated rings. The number of anilines is 1. The molecular weight excluding hydrogens is 284 g/mol. The molecule has 0 radical (unpaired) electrons. The van der Waals surface area contributed by atoms with Gasteiger partial charge in [0.15, 0.2) is 0 Å². The number of carbonyl (C=O) groups excluding carboxylic acids is 1. The van der Waals surface area contributed by atoms with Crippen LogP contribution in [-0.2, 0) is 0 Å². The van der Waals surface area contributed by atoms with E-state index in [2.05, 4.69) is 5.32 Å². The minimum atomic E-state index is -0.503. The first-order valence-corrected chi connectivity index (χ1v) is 7.34. The summed E-state index contributed by atoms with van der Waals surface area (Å²) >= 11 is 2.39. The van der Waals surface area contributed by atoms with Crippen LogP contribution >= 0.6 is 23.1 Å². The molecule has 1 heterocycles. The van der Waals surface area contributed by atoms with Crippen molar-refractivity contribution in [3.05, 3.63) is 51.4 Å². The van der Waals surface area contributed by atoms with E-state index in [-0.39, 0.29) is 10.9 Å². The number of rotatable bonds is 4. The van der Waals surface area contributed by atoms with E-state index in [0.29, 0.717) is 10.6 Å². The van der Waals surface area contributed by atoms with Gasteiger partial charge in [-0.1, -0.05) is 23.5 Å². The number of amides is 1. The molecular formula is C12H10N2O3S2. The Morgan fingerprint density at radius 2 is 2.05 bits per heavy atom. The van der Waals surface area contributed by atoms with Gasteiger partial charge in [0.05, 0.1) is 15.5 Å². The zero-order valence-corrected chi connectivity index (χ0v) is 11.6. The molecule has 0 saturated heterocycles. The lowest BCUT2D eigenvalue weighted by Gasteiger charge is -2.07. The minimum absolute atomic E-state index is 0.0386. The number of carbonyl (C=O) groups is 1. The molecule has 0 saturated carbocycles. The lowest BCUT2D eigenvalue weighted by atomic mass is 10.3. The molecule has 2 rings (SSSR count). The van der Waals surface area contributed by atoms with Crippen molar-refractivity contribution in [2.45, 2.75) is 4.90 Å². The third kappa shape index (κ3) is 3.12. The predicted octanol–water partition coefficient (Wildman–Crippen LogP) is 3.63. The van der Waals surface area contributed by atoms with Gasteiger partial charge >= 0.3 is 5.00 Å². The summed E-state index contributed by atoms with van der Waals surface area (Å²) in [4.78, 5) is 23.3. The number of nitro groups is 1. The van der Waals surface area contributed by atoms with Crippen LogP contribution in [0.1, 0.15) is 9.67 Å². The molecule has 0 bridgehead atoms. The quantitative estimate of drug-likeness (QED) is 0.531. The highest BCUT2D eigenvalue weighted by Gasteiger charge is 2.16. The van der Waals surface area contributed by atoms with Crippen molar-refractivity contribution in [1.82, 2.24) is 0 Å². The molecule has 7 heteroatoms. The fourth-order valence-electron chi connectivity index (χ4n) is 1.48. The van der Waals surface area contributed by atoms with Gasteiger partial charge < -0.3 is 5.32 Å². The molecule has 0 aliphatic heterocycles. The van der Waals surface area contributed by atoms with Crippen molar-refractivity contribution in [2.24, 2.45) is 0 Å². The molecule has 1 amide bonds. The van der Waals surface area contributed by atoms with E-state index in [1.54, 1.807) is 6.07 Å². The van der Waals surface area contributed by atoms with Crippen molar-refractivity contribution in [3.8, 4) is 0 Å². The Morgan fingerprint density at radius 1 is 1.32 bits per heavy atom. The van der Waals surface area contributed by atoms with E-state index in [1.165, 1.54) is 23.9 Å². The van der Waals surface area contributed by atoms with Gasteiger partial charge in [0.1, 0.15) is 0 Å². The topological polar surface area (TPSA) is 72.2 Å². The van der Waals surface area contributed by atoms with E-state index < -0.39 is 4.92 Å². The largest absolute Gasteiger partial charge is 0.324 e. The number of thiophene rings is 1. The van der Waals surface area contributed by atoms with Crippen molar-refractivity contribution < 1.29 is 9.72 Å². The first-order valence-electron chi connectivity index (χ1n) is 5.30. The lowest BCUT2D eigenvalue weighted by molar-refractivity contribution is -0.380. The monoisotopic (exact) mass is 294 g/mol. The van der Waals surface area contributed by atoms with Crippen LogP contribution in [0.3, 0.4) is 0 Å². The van der Waals surface area contributed by atoms with Crippen LogP contribution < -0.4 is 5.32 Å². The number of benzene rings is 1. The number of para-hydroxylation sites is 1. The van der Waals surface area contributed by atoms with Crippen LogP contribution in [-0.4, -0.2) is 17.1 Å². The first kappa shape index (κ1) is 13.6. The molecule has 1 aromatic heterocycles. The summed E-state index contributed by atoms with van der Waals surface area (Å²) in [5.74, 6) is -0.334. The van der Waals surface area contributed by atoms with Gasteiger partial charge in [0.2, 0.25) is 0 Å². The summed E-state index contributed by atoms with van der Waals surface area (Å²) < 4.78 is 0. The molecule has 5 nitrogen and oxygen atoms in total. The molecule has 98 valence electrons. The zero-order chi connectivity index (χ0) is 13.8. The van der Waals surface area contributed by atoms with Crippen LogP contribution in [0.15, 0.2) is 41.3 Å². The Morgan fingerprint density at radius 3 is 2.68 bits per heavy atom. The van der Waals surface area contributed by atoms with Gasteiger partial charge in [0.25, 0.3) is 5.91 Å².